The number of nitro groups is 1. The number of benzene rings is 1. The Morgan fingerprint density at radius 3 is 2.68 bits per heavy atom. The van der Waals surface area contributed by atoms with Gasteiger partial charge in [0.25, 0.3) is 5.69 Å². The van der Waals surface area contributed by atoms with Crippen molar-refractivity contribution in [3.05, 3.63) is 61.7 Å². The molecule has 0 unspecified atom stereocenters. The largest absolute Gasteiger partial charge is 0.346 e. The molecule has 0 atom stereocenters. The molecule has 7 heteroatoms. The highest BCUT2D eigenvalue weighted by atomic mass is 32.2. The molecule has 0 bridgehead atoms. The summed E-state index contributed by atoms with van der Waals surface area (Å²) in [5.74, 6) is 0.640. The van der Waals surface area contributed by atoms with E-state index in [9.17, 15) is 14.9 Å². The van der Waals surface area contributed by atoms with E-state index in [0.717, 1.165) is 47.5 Å². The monoisotopic (exact) mass is 317 g/mol. The molecule has 1 aromatic carbocycles. The molecular formula is C15H15N3O3S. The highest BCUT2D eigenvalue weighted by Gasteiger charge is 2.16. The molecule has 0 aliphatic heterocycles. The zero-order valence-corrected chi connectivity index (χ0v) is 12.7. The third-order valence-electron chi connectivity index (χ3n) is 3.71. The Hall–Kier alpha value is -2.15. The standard InChI is InChI=1S/C15H15N3O3S/c19-15-16-13-4-2-1-3-12(13)14(17-15)22-9-10-5-7-11(8-6-10)18(20)21/h5-8H,1-4,9H2,(H,16,17,19). The quantitative estimate of drug-likeness (QED) is 0.405. The fourth-order valence-corrected chi connectivity index (χ4v) is 3.62. The van der Waals surface area contributed by atoms with Gasteiger partial charge in [-0.05, 0) is 31.2 Å². The SMILES string of the molecule is O=c1nc(SCc2ccc([N+](=O)[O-])cc2)c2c([nH]1)CCCC2. The Morgan fingerprint density at radius 2 is 1.95 bits per heavy atom. The van der Waals surface area contributed by atoms with Crippen molar-refractivity contribution in [2.24, 2.45) is 0 Å². The van der Waals surface area contributed by atoms with Gasteiger partial charge in [0.2, 0.25) is 0 Å². The molecule has 3 rings (SSSR count). The van der Waals surface area contributed by atoms with Crippen LogP contribution in [0.3, 0.4) is 0 Å². The number of nitrogens with zero attached hydrogens (tertiary/aromatic N) is 2. The number of nitro benzene ring substituents is 1. The second-order valence-electron chi connectivity index (χ2n) is 5.22. The number of aromatic amines is 1. The van der Waals surface area contributed by atoms with Gasteiger partial charge < -0.3 is 4.98 Å². The summed E-state index contributed by atoms with van der Waals surface area (Å²) in [5.41, 5.74) is 2.92. The van der Waals surface area contributed by atoms with Crippen molar-refractivity contribution in [2.75, 3.05) is 0 Å². The topological polar surface area (TPSA) is 88.9 Å². The molecule has 0 spiro atoms. The van der Waals surface area contributed by atoms with Gasteiger partial charge in [-0.2, -0.15) is 4.98 Å². The first kappa shape index (κ1) is 14.8. The van der Waals surface area contributed by atoms with E-state index in [-0.39, 0.29) is 11.4 Å². The summed E-state index contributed by atoms with van der Waals surface area (Å²) in [6.45, 7) is 0. The lowest BCUT2D eigenvalue weighted by molar-refractivity contribution is -0.384. The fraction of sp³-hybridized carbons (Fsp3) is 0.333. The van der Waals surface area contributed by atoms with Crippen molar-refractivity contribution < 1.29 is 4.92 Å². The van der Waals surface area contributed by atoms with Gasteiger partial charge >= 0.3 is 5.69 Å². The van der Waals surface area contributed by atoms with Gasteiger partial charge in [0.1, 0.15) is 5.03 Å². The molecule has 6 nitrogen and oxygen atoms in total. The maximum absolute atomic E-state index is 11.6. The van der Waals surface area contributed by atoms with Crippen LogP contribution >= 0.6 is 11.8 Å². The number of aryl methyl sites for hydroxylation is 1. The summed E-state index contributed by atoms with van der Waals surface area (Å²) in [4.78, 5) is 28.8. The summed E-state index contributed by atoms with van der Waals surface area (Å²) >= 11 is 1.52. The fourth-order valence-electron chi connectivity index (χ4n) is 2.58. The van der Waals surface area contributed by atoms with Crippen LogP contribution in [0.4, 0.5) is 5.69 Å². The van der Waals surface area contributed by atoms with E-state index in [1.807, 2.05) is 0 Å². The third-order valence-corrected chi connectivity index (χ3v) is 4.80. The van der Waals surface area contributed by atoms with E-state index >= 15 is 0 Å². The van der Waals surface area contributed by atoms with Gasteiger partial charge in [0, 0.05) is 29.1 Å². The number of aromatic nitrogens is 2. The molecule has 22 heavy (non-hydrogen) atoms. The second-order valence-corrected chi connectivity index (χ2v) is 6.19. The maximum Gasteiger partial charge on any atom is 0.346 e. The third kappa shape index (κ3) is 3.19. The summed E-state index contributed by atoms with van der Waals surface area (Å²) < 4.78 is 0. The molecule has 0 saturated heterocycles. The van der Waals surface area contributed by atoms with E-state index in [1.54, 1.807) is 12.1 Å². The number of thioether (sulfide) groups is 1. The van der Waals surface area contributed by atoms with Gasteiger partial charge in [-0.3, -0.25) is 10.1 Å². The predicted octanol–water partition coefficient (Wildman–Crippen LogP) is 2.85. The van der Waals surface area contributed by atoms with Gasteiger partial charge in [-0.1, -0.05) is 12.1 Å². The lowest BCUT2D eigenvalue weighted by atomic mass is 9.98. The number of fused-ring (bicyclic) bond motifs is 1. The van der Waals surface area contributed by atoms with Gasteiger partial charge in [-0.25, -0.2) is 4.79 Å². The number of non-ortho nitro benzene ring substituents is 1. The molecule has 0 fully saturated rings. The summed E-state index contributed by atoms with van der Waals surface area (Å²) in [7, 11) is 0. The minimum absolute atomic E-state index is 0.0837. The number of rotatable bonds is 4. The van der Waals surface area contributed by atoms with E-state index in [1.165, 1.54) is 23.9 Å². The first-order chi connectivity index (χ1) is 10.6. The molecule has 1 aliphatic carbocycles. The van der Waals surface area contributed by atoms with Gasteiger partial charge in [0.05, 0.1) is 4.92 Å². The highest BCUT2D eigenvalue weighted by Crippen LogP contribution is 2.29. The number of hydrogen-bond acceptors (Lipinski definition) is 5. The van der Waals surface area contributed by atoms with Crippen molar-refractivity contribution in [3.8, 4) is 0 Å². The molecule has 0 saturated carbocycles. The van der Waals surface area contributed by atoms with Crippen molar-refractivity contribution in [2.45, 2.75) is 36.5 Å². The van der Waals surface area contributed by atoms with Crippen LogP contribution in [-0.2, 0) is 18.6 Å². The molecule has 1 aliphatic rings. The molecule has 0 radical (unpaired) electrons. The van der Waals surface area contributed by atoms with Crippen molar-refractivity contribution in [3.63, 3.8) is 0 Å². The average molecular weight is 317 g/mol. The second kappa shape index (κ2) is 6.31. The van der Waals surface area contributed by atoms with Crippen molar-refractivity contribution in [1.82, 2.24) is 9.97 Å². The van der Waals surface area contributed by atoms with Crippen LogP contribution in [0, 0.1) is 10.1 Å². The number of H-pyrrole nitrogens is 1. The Labute approximate surface area is 131 Å². The summed E-state index contributed by atoms with van der Waals surface area (Å²) in [6.07, 6.45) is 4.06. The summed E-state index contributed by atoms with van der Waals surface area (Å²) in [5, 5.41) is 11.4. The maximum atomic E-state index is 11.6. The van der Waals surface area contributed by atoms with Crippen LogP contribution in [0.25, 0.3) is 0 Å². The molecule has 1 aromatic heterocycles. The molecule has 2 aromatic rings. The minimum atomic E-state index is -0.411. The number of hydrogen-bond donors (Lipinski definition) is 1. The number of nitrogens with one attached hydrogen (secondary N) is 1. The lowest BCUT2D eigenvalue weighted by Gasteiger charge is -2.17. The molecule has 114 valence electrons. The zero-order chi connectivity index (χ0) is 15.5. The summed E-state index contributed by atoms with van der Waals surface area (Å²) in [6, 6.07) is 6.47. The Morgan fingerprint density at radius 1 is 1.23 bits per heavy atom. The first-order valence-electron chi connectivity index (χ1n) is 7.11. The molecular weight excluding hydrogens is 302 g/mol. The van der Waals surface area contributed by atoms with E-state index < -0.39 is 4.92 Å². The van der Waals surface area contributed by atoms with Crippen LogP contribution in [0.5, 0.6) is 0 Å². The highest BCUT2D eigenvalue weighted by molar-refractivity contribution is 7.98. The smallest absolute Gasteiger partial charge is 0.309 e. The predicted molar refractivity (Wildman–Crippen MR) is 84.2 cm³/mol. The average Bonchev–Trinajstić information content (AvgIpc) is 2.52. The molecule has 0 amide bonds. The van der Waals surface area contributed by atoms with Crippen LogP contribution in [0.2, 0.25) is 0 Å². The first-order valence-corrected chi connectivity index (χ1v) is 8.10. The van der Waals surface area contributed by atoms with E-state index in [2.05, 4.69) is 9.97 Å². The van der Waals surface area contributed by atoms with E-state index in [4.69, 9.17) is 0 Å². The van der Waals surface area contributed by atoms with Crippen LogP contribution < -0.4 is 5.69 Å². The van der Waals surface area contributed by atoms with Crippen LogP contribution in [-0.4, -0.2) is 14.9 Å². The van der Waals surface area contributed by atoms with Crippen molar-refractivity contribution >= 4 is 17.4 Å². The minimum Gasteiger partial charge on any atom is -0.309 e. The van der Waals surface area contributed by atoms with Crippen LogP contribution in [0.15, 0.2) is 34.1 Å². The Kier molecular flexibility index (Phi) is 4.24. The van der Waals surface area contributed by atoms with E-state index in [0.29, 0.717) is 5.75 Å². The molecule has 1 heterocycles. The van der Waals surface area contributed by atoms with Crippen LogP contribution in [0.1, 0.15) is 29.7 Å². The van der Waals surface area contributed by atoms with Crippen molar-refractivity contribution in [1.29, 1.82) is 0 Å². The Balaban J connectivity index is 1.77. The lowest BCUT2D eigenvalue weighted by Crippen LogP contribution is -2.19. The zero-order valence-electron chi connectivity index (χ0n) is 11.9. The van der Waals surface area contributed by atoms with Gasteiger partial charge in [-0.15, -0.1) is 11.8 Å². The van der Waals surface area contributed by atoms with Gasteiger partial charge in [0.15, 0.2) is 0 Å². The normalized spacial score (nSPS) is 13.6. The Bertz CT molecular complexity index is 756. The molecule has 1 N–H and O–H groups in total.